The van der Waals surface area contributed by atoms with Crippen LogP contribution in [0.3, 0.4) is 0 Å². The molecule has 2 aliphatic rings. The van der Waals surface area contributed by atoms with Crippen molar-refractivity contribution < 1.29 is 23.5 Å². The van der Waals surface area contributed by atoms with E-state index < -0.39 is 42.1 Å². The summed E-state index contributed by atoms with van der Waals surface area (Å²) >= 11 is 1.57. The molecule has 2 aliphatic heterocycles. The Labute approximate surface area is 232 Å². The van der Waals surface area contributed by atoms with Crippen molar-refractivity contribution in [3.63, 3.8) is 0 Å². The van der Waals surface area contributed by atoms with Gasteiger partial charge in [-0.15, -0.1) is 11.3 Å². The molecule has 0 bridgehead atoms. The molecule has 4 heterocycles. The fraction of sp³-hybridized carbons (Fsp3) is 0.333. The minimum absolute atomic E-state index is 0.0430. The fourth-order valence-corrected chi connectivity index (χ4v) is 5.93. The van der Waals surface area contributed by atoms with E-state index in [1.54, 1.807) is 22.9 Å². The third-order valence-electron chi connectivity index (χ3n) is 7.06. The number of aryl methyl sites for hydroxylation is 3. The maximum absolute atomic E-state index is 14.7. The van der Waals surface area contributed by atoms with Crippen LogP contribution in [0.4, 0.5) is 8.78 Å². The van der Waals surface area contributed by atoms with Crippen LogP contribution in [0.15, 0.2) is 41.5 Å². The molecule has 2 aromatic heterocycles. The van der Waals surface area contributed by atoms with Gasteiger partial charge in [0.15, 0.2) is 17.5 Å². The molecule has 0 saturated carbocycles. The molecule has 2 saturated heterocycles. The van der Waals surface area contributed by atoms with Crippen molar-refractivity contribution in [3.05, 3.63) is 75.9 Å². The summed E-state index contributed by atoms with van der Waals surface area (Å²) in [6.07, 6.45) is -0.777. The van der Waals surface area contributed by atoms with Gasteiger partial charge in [-0.25, -0.2) is 23.4 Å². The number of nitrogens with one attached hydrogen (secondary N) is 1. The van der Waals surface area contributed by atoms with Crippen LogP contribution in [-0.2, 0) is 9.57 Å². The van der Waals surface area contributed by atoms with E-state index in [0.29, 0.717) is 18.2 Å². The molecule has 5 unspecified atom stereocenters. The topological polar surface area (TPSA) is 133 Å². The van der Waals surface area contributed by atoms with E-state index in [-0.39, 0.29) is 16.7 Å². The van der Waals surface area contributed by atoms with E-state index in [2.05, 4.69) is 25.5 Å². The van der Waals surface area contributed by atoms with Gasteiger partial charge in [0.05, 0.1) is 27.5 Å². The zero-order chi connectivity index (χ0) is 28.1. The lowest BCUT2D eigenvalue weighted by molar-refractivity contribution is -0.169. The van der Waals surface area contributed by atoms with Crippen LogP contribution in [0.5, 0.6) is 0 Å². The van der Waals surface area contributed by atoms with Crippen molar-refractivity contribution in [2.45, 2.75) is 51.2 Å². The largest absolute Gasteiger partial charge is 0.404 e. The van der Waals surface area contributed by atoms with Gasteiger partial charge in [0.1, 0.15) is 36.3 Å². The number of aliphatic imine (C=N–C) groups is 1. The molecular formula is C27H27F2N7O3S. The first-order valence-corrected chi connectivity index (χ1v) is 13.5. The number of nitrogens with two attached hydrogens (primary N) is 1. The number of benzene rings is 2. The van der Waals surface area contributed by atoms with Gasteiger partial charge in [0.25, 0.3) is 0 Å². The summed E-state index contributed by atoms with van der Waals surface area (Å²) in [6.45, 7) is 5.54. The van der Waals surface area contributed by atoms with Gasteiger partial charge in [-0.1, -0.05) is 12.1 Å². The highest BCUT2D eigenvalue weighted by Crippen LogP contribution is 2.37. The molecule has 4 aromatic rings. The third kappa shape index (κ3) is 4.59. The number of thiazole rings is 1. The fourth-order valence-electron chi connectivity index (χ4n) is 5.07. The summed E-state index contributed by atoms with van der Waals surface area (Å²) in [5.41, 5.74) is 10.5. The SMILES string of the molecule is Cc1nc(C2OC3CNOC3C(N=C/C(=C\N)c3ccc(C)c(F)c3F)C2O)n(-c2ccc3nc(C)sc3c2)n1. The first-order chi connectivity index (χ1) is 19.2. The predicted molar refractivity (Wildman–Crippen MR) is 146 cm³/mol. The predicted octanol–water partition coefficient (Wildman–Crippen LogP) is 3.22. The van der Waals surface area contributed by atoms with Gasteiger partial charge in [0, 0.05) is 23.6 Å². The molecule has 4 N–H and O–H groups in total. The summed E-state index contributed by atoms with van der Waals surface area (Å²) < 4.78 is 37.9. The van der Waals surface area contributed by atoms with E-state index in [4.69, 9.17) is 15.3 Å². The van der Waals surface area contributed by atoms with Crippen LogP contribution < -0.4 is 11.2 Å². The lowest BCUT2D eigenvalue weighted by Gasteiger charge is -2.38. The summed E-state index contributed by atoms with van der Waals surface area (Å²) in [4.78, 5) is 19.3. The second-order valence-corrected chi connectivity index (χ2v) is 11.0. The first kappa shape index (κ1) is 26.6. The summed E-state index contributed by atoms with van der Waals surface area (Å²) in [5, 5.41) is 17.1. The zero-order valence-corrected chi connectivity index (χ0v) is 22.7. The Morgan fingerprint density at radius 1 is 1.20 bits per heavy atom. The molecule has 0 amide bonds. The Balaban J connectivity index is 1.35. The van der Waals surface area contributed by atoms with Crippen LogP contribution in [0.25, 0.3) is 21.5 Å². The Hall–Kier alpha value is -3.62. The molecule has 6 rings (SSSR count). The number of halogens is 2. The standard InChI is InChI=1S/C27H27F2N7O3S/c1-12-4-6-17(22(29)21(12)28)15(9-30)10-31-23-24(37)26(38-19-11-32-39-25(19)23)27-33-13(2)35-36(27)16-5-7-18-20(8-16)40-14(3)34-18/h4-10,19,23-26,32,37H,11,30H2,1-3H3/b15-9+,31-10?. The molecule has 2 aromatic carbocycles. The van der Waals surface area contributed by atoms with E-state index in [0.717, 1.165) is 27.1 Å². The van der Waals surface area contributed by atoms with Crippen molar-refractivity contribution in [3.8, 4) is 5.69 Å². The molecular weight excluding hydrogens is 540 g/mol. The van der Waals surface area contributed by atoms with Gasteiger partial charge >= 0.3 is 0 Å². The van der Waals surface area contributed by atoms with Crippen molar-refractivity contribution in [2.75, 3.05) is 6.54 Å². The van der Waals surface area contributed by atoms with E-state index in [1.165, 1.54) is 25.3 Å². The van der Waals surface area contributed by atoms with Gasteiger partial charge in [-0.05, 0) is 44.5 Å². The molecule has 40 heavy (non-hydrogen) atoms. The number of allylic oxidation sites excluding steroid dienone is 1. The summed E-state index contributed by atoms with van der Waals surface area (Å²) in [6, 6.07) is 7.83. The Morgan fingerprint density at radius 2 is 2.02 bits per heavy atom. The highest BCUT2D eigenvalue weighted by Gasteiger charge is 2.50. The van der Waals surface area contributed by atoms with Gasteiger partial charge in [-0.2, -0.15) is 10.6 Å². The van der Waals surface area contributed by atoms with Gasteiger partial charge in [-0.3, -0.25) is 9.83 Å². The summed E-state index contributed by atoms with van der Waals surface area (Å²) in [7, 11) is 0. The minimum Gasteiger partial charge on any atom is -0.404 e. The number of hydrogen-bond acceptors (Lipinski definition) is 10. The zero-order valence-electron chi connectivity index (χ0n) is 21.9. The van der Waals surface area contributed by atoms with Crippen LogP contribution >= 0.6 is 11.3 Å². The quantitative estimate of drug-likeness (QED) is 0.313. The van der Waals surface area contributed by atoms with Crippen molar-refractivity contribution in [2.24, 2.45) is 10.7 Å². The third-order valence-corrected chi connectivity index (χ3v) is 7.99. The van der Waals surface area contributed by atoms with Crippen LogP contribution in [0.1, 0.15) is 33.9 Å². The van der Waals surface area contributed by atoms with Gasteiger partial charge in [0.2, 0.25) is 0 Å². The Morgan fingerprint density at radius 3 is 2.83 bits per heavy atom. The second kappa shape index (κ2) is 10.4. The molecule has 13 heteroatoms. The van der Waals surface area contributed by atoms with Crippen molar-refractivity contribution in [1.29, 1.82) is 0 Å². The summed E-state index contributed by atoms with van der Waals surface area (Å²) in [5.74, 6) is -1.08. The smallest absolute Gasteiger partial charge is 0.167 e. The normalized spacial score (nSPS) is 25.2. The van der Waals surface area contributed by atoms with E-state index >= 15 is 0 Å². The molecule has 208 valence electrons. The van der Waals surface area contributed by atoms with E-state index in [9.17, 15) is 13.9 Å². The average Bonchev–Trinajstić information content (AvgIpc) is 3.66. The van der Waals surface area contributed by atoms with Crippen LogP contribution in [0.2, 0.25) is 0 Å². The molecule has 5 atom stereocenters. The lowest BCUT2D eigenvalue weighted by atomic mass is 9.92. The number of fused-ring (bicyclic) bond motifs is 2. The number of ether oxygens (including phenoxy) is 1. The average molecular weight is 568 g/mol. The number of aliphatic hydroxyl groups excluding tert-OH is 1. The molecule has 0 aliphatic carbocycles. The van der Waals surface area contributed by atoms with Crippen LogP contribution in [0, 0.1) is 32.4 Å². The maximum Gasteiger partial charge on any atom is 0.167 e. The van der Waals surface area contributed by atoms with Crippen LogP contribution in [-0.4, -0.2) is 62.0 Å². The Kier molecular flexibility index (Phi) is 6.92. The van der Waals surface area contributed by atoms with Gasteiger partial charge < -0.3 is 15.6 Å². The number of nitrogens with zero attached hydrogens (tertiary/aromatic N) is 5. The van der Waals surface area contributed by atoms with Crippen molar-refractivity contribution >= 4 is 33.3 Å². The first-order valence-electron chi connectivity index (χ1n) is 12.7. The highest BCUT2D eigenvalue weighted by atomic mass is 32.1. The number of aromatic nitrogens is 4. The van der Waals surface area contributed by atoms with E-state index in [1.807, 2.05) is 25.1 Å². The molecule has 0 spiro atoms. The Bertz CT molecular complexity index is 1650. The van der Waals surface area contributed by atoms with Crippen molar-refractivity contribution in [1.82, 2.24) is 25.2 Å². The highest BCUT2D eigenvalue weighted by molar-refractivity contribution is 7.18. The molecule has 2 fully saturated rings. The molecule has 10 nitrogen and oxygen atoms in total. The number of rotatable bonds is 5. The maximum atomic E-state index is 14.7. The molecule has 0 radical (unpaired) electrons. The minimum atomic E-state index is -1.22. The second-order valence-electron chi connectivity index (χ2n) is 9.78. The number of aliphatic hydroxyl groups is 1. The monoisotopic (exact) mass is 567 g/mol. The number of hydrogen-bond donors (Lipinski definition) is 3. The lowest BCUT2D eigenvalue weighted by Crippen LogP contribution is -2.52. The number of hydroxylamine groups is 1.